The van der Waals surface area contributed by atoms with E-state index in [1.165, 1.54) is 6.07 Å². The highest BCUT2D eigenvalue weighted by Crippen LogP contribution is 2.16. The van der Waals surface area contributed by atoms with Crippen LogP contribution in [0.5, 0.6) is 0 Å². The molecule has 27 heavy (non-hydrogen) atoms. The van der Waals surface area contributed by atoms with Gasteiger partial charge in [0.15, 0.2) is 0 Å². The number of hydrogen-bond donors (Lipinski definition) is 2. The van der Waals surface area contributed by atoms with Gasteiger partial charge in [-0.15, -0.1) is 11.3 Å². The summed E-state index contributed by atoms with van der Waals surface area (Å²) in [5.74, 6) is -0.386. The van der Waals surface area contributed by atoms with Gasteiger partial charge in [0.1, 0.15) is 10.3 Å². The maximum atomic E-state index is 12.7. The molecule has 140 valence electrons. The third-order valence-corrected chi connectivity index (χ3v) is 6.72. The van der Waals surface area contributed by atoms with Crippen molar-refractivity contribution in [2.45, 2.75) is 23.2 Å². The minimum atomic E-state index is -3.77. The van der Waals surface area contributed by atoms with Gasteiger partial charge < -0.3 is 5.32 Å². The molecule has 0 aliphatic heterocycles. The highest BCUT2D eigenvalue weighted by molar-refractivity contribution is 7.91. The minimum absolute atomic E-state index is 0.181. The van der Waals surface area contributed by atoms with Crippen LogP contribution in [0, 0.1) is 0 Å². The molecule has 0 aliphatic rings. The third kappa shape index (κ3) is 5.46. The largest absolute Gasteiger partial charge is 0.351 e. The Balaban J connectivity index is 1.75. The Morgan fingerprint density at radius 1 is 1.04 bits per heavy atom. The van der Waals surface area contributed by atoms with Gasteiger partial charge in [-0.25, -0.2) is 8.42 Å². The van der Waals surface area contributed by atoms with Crippen LogP contribution in [0.2, 0.25) is 0 Å². The monoisotopic (exact) mass is 401 g/mol. The summed E-state index contributed by atoms with van der Waals surface area (Å²) < 4.78 is 27.9. The number of amides is 1. The van der Waals surface area contributed by atoms with E-state index in [4.69, 9.17) is 0 Å². The van der Waals surface area contributed by atoms with Crippen molar-refractivity contribution >= 4 is 27.3 Å². The van der Waals surface area contributed by atoms with Gasteiger partial charge in [0.05, 0.1) is 0 Å². The second-order valence-electron chi connectivity index (χ2n) is 5.87. The number of hydrogen-bond acceptors (Lipinski definition) is 5. The Bertz CT molecular complexity index is 960. The number of benzene rings is 1. The number of carbonyl (C=O) groups is 1. The molecule has 3 aromatic rings. The van der Waals surface area contributed by atoms with Crippen molar-refractivity contribution in [1.82, 2.24) is 15.0 Å². The summed E-state index contributed by atoms with van der Waals surface area (Å²) in [5, 5.41) is 4.47. The highest BCUT2D eigenvalue weighted by Gasteiger charge is 2.26. The summed E-state index contributed by atoms with van der Waals surface area (Å²) in [6, 6.07) is 15.2. The van der Waals surface area contributed by atoms with Crippen LogP contribution in [-0.4, -0.2) is 25.4 Å². The number of rotatable bonds is 8. The molecule has 6 nitrogen and oxygen atoms in total. The van der Waals surface area contributed by atoms with E-state index in [1.807, 2.05) is 36.4 Å². The molecule has 2 aromatic heterocycles. The Morgan fingerprint density at radius 3 is 2.48 bits per heavy atom. The molecule has 0 spiro atoms. The van der Waals surface area contributed by atoms with E-state index in [0.29, 0.717) is 0 Å². The van der Waals surface area contributed by atoms with Gasteiger partial charge in [0.2, 0.25) is 5.91 Å². The zero-order valence-electron chi connectivity index (χ0n) is 14.4. The van der Waals surface area contributed by atoms with E-state index in [9.17, 15) is 13.2 Å². The predicted molar refractivity (Wildman–Crippen MR) is 105 cm³/mol. The molecule has 1 amide bonds. The number of sulfonamides is 1. The fourth-order valence-corrected chi connectivity index (χ4v) is 4.72. The number of thiophene rings is 1. The van der Waals surface area contributed by atoms with Crippen LogP contribution in [0.1, 0.15) is 11.1 Å². The highest BCUT2D eigenvalue weighted by atomic mass is 32.2. The van der Waals surface area contributed by atoms with Crippen LogP contribution in [0.4, 0.5) is 0 Å². The molecular weight excluding hydrogens is 382 g/mol. The topological polar surface area (TPSA) is 88.2 Å². The number of aromatic nitrogens is 1. The average molecular weight is 402 g/mol. The zero-order valence-corrected chi connectivity index (χ0v) is 16.0. The normalized spacial score (nSPS) is 12.4. The molecule has 8 heteroatoms. The van der Waals surface area contributed by atoms with E-state index in [2.05, 4.69) is 15.0 Å². The Hall–Kier alpha value is -2.55. The fraction of sp³-hybridized carbons (Fsp3) is 0.158. The Kier molecular flexibility index (Phi) is 6.33. The smallest absolute Gasteiger partial charge is 0.250 e. The molecule has 2 N–H and O–H groups in total. The van der Waals surface area contributed by atoms with Gasteiger partial charge in [0, 0.05) is 18.9 Å². The predicted octanol–water partition coefficient (Wildman–Crippen LogP) is 2.35. The first-order chi connectivity index (χ1) is 13.0. The second-order valence-corrected chi connectivity index (χ2v) is 8.76. The molecule has 0 aliphatic carbocycles. The van der Waals surface area contributed by atoms with E-state index in [0.717, 1.165) is 22.5 Å². The van der Waals surface area contributed by atoms with Gasteiger partial charge in [-0.1, -0.05) is 42.5 Å². The number of pyridine rings is 1. The van der Waals surface area contributed by atoms with Crippen LogP contribution in [0.15, 0.2) is 76.6 Å². The van der Waals surface area contributed by atoms with Crippen LogP contribution >= 0.6 is 11.3 Å². The lowest BCUT2D eigenvalue weighted by molar-refractivity contribution is -0.122. The molecule has 3 rings (SSSR count). The van der Waals surface area contributed by atoms with Gasteiger partial charge in [-0.05, 0) is 35.1 Å². The summed E-state index contributed by atoms with van der Waals surface area (Å²) in [5.41, 5.74) is 1.71. The van der Waals surface area contributed by atoms with E-state index >= 15 is 0 Å². The summed E-state index contributed by atoms with van der Waals surface area (Å²) >= 11 is 1.11. The first kappa shape index (κ1) is 19.2. The second kappa shape index (κ2) is 8.90. The minimum Gasteiger partial charge on any atom is -0.351 e. The standard InChI is InChI=1S/C19H19N3O3S2/c23-19(21-14-16-8-4-10-20-13-16)17(12-15-6-2-1-3-7-15)22-27(24,25)18-9-5-11-26-18/h1-11,13,17,22H,12,14H2,(H,21,23)/t17-/m0/s1. The van der Waals surface area contributed by atoms with Gasteiger partial charge >= 0.3 is 0 Å². The van der Waals surface area contributed by atoms with Crippen LogP contribution in [0.3, 0.4) is 0 Å². The molecule has 0 saturated heterocycles. The number of nitrogens with zero attached hydrogens (tertiary/aromatic N) is 1. The van der Waals surface area contributed by atoms with Crippen molar-refractivity contribution in [2.75, 3.05) is 0 Å². The molecule has 0 unspecified atom stereocenters. The lowest BCUT2D eigenvalue weighted by Gasteiger charge is -2.18. The zero-order chi connectivity index (χ0) is 19.1. The summed E-state index contributed by atoms with van der Waals surface area (Å²) in [6.45, 7) is 0.276. The Labute approximate surface area is 162 Å². The van der Waals surface area contributed by atoms with Gasteiger partial charge in [-0.3, -0.25) is 9.78 Å². The SMILES string of the molecule is O=C(NCc1cccnc1)[C@H](Cc1ccccc1)NS(=O)(=O)c1cccs1. The lowest BCUT2D eigenvalue weighted by atomic mass is 10.1. The molecule has 0 saturated carbocycles. The molecule has 0 fully saturated rings. The molecular formula is C19H19N3O3S2. The fourth-order valence-electron chi connectivity index (χ4n) is 2.51. The molecule has 0 radical (unpaired) electrons. The van der Waals surface area contributed by atoms with Crippen molar-refractivity contribution in [3.63, 3.8) is 0 Å². The van der Waals surface area contributed by atoms with Crippen molar-refractivity contribution in [2.24, 2.45) is 0 Å². The van der Waals surface area contributed by atoms with Crippen LogP contribution in [-0.2, 0) is 27.8 Å². The third-order valence-electron chi connectivity index (χ3n) is 3.85. The van der Waals surface area contributed by atoms with Gasteiger partial charge in [-0.2, -0.15) is 4.72 Å². The van der Waals surface area contributed by atoms with Gasteiger partial charge in [0.25, 0.3) is 10.0 Å². The Morgan fingerprint density at radius 2 is 1.81 bits per heavy atom. The maximum absolute atomic E-state index is 12.7. The quantitative estimate of drug-likeness (QED) is 0.606. The van der Waals surface area contributed by atoms with Crippen LogP contribution in [0.25, 0.3) is 0 Å². The molecule has 1 atom stereocenters. The summed E-state index contributed by atoms with van der Waals surface area (Å²) in [7, 11) is -3.77. The summed E-state index contributed by atoms with van der Waals surface area (Å²) in [4.78, 5) is 16.7. The van der Waals surface area contributed by atoms with E-state index in [-0.39, 0.29) is 23.1 Å². The maximum Gasteiger partial charge on any atom is 0.250 e. The first-order valence-electron chi connectivity index (χ1n) is 8.31. The number of carbonyl (C=O) groups excluding carboxylic acids is 1. The van der Waals surface area contributed by atoms with E-state index < -0.39 is 16.1 Å². The lowest BCUT2D eigenvalue weighted by Crippen LogP contribution is -2.47. The van der Waals surface area contributed by atoms with Crippen molar-refractivity contribution in [3.8, 4) is 0 Å². The molecule has 0 bridgehead atoms. The van der Waals surface area contributed by atoms with E-state index in [1.54, 1.807) is 29.9 Å². The van der Waals surface area contributed by atoms with Crippen LogP contribution < -0.4 is 10.0 Å². The van der Waals surface area contributed by atoms with Crippen molar-refractivity contribution in [3.05, 3.63) is 83.5 Å². The number of nitrogens with one attached hydrogen (secondary N) is 2. The summed E-state index contributed by atoms with van der Waals surface area (Å²) in [6.07, 6.45) is 3.56. The molecule has 2 heterocycles. The van der Waals surface area contributed by atoms with Crippen molar-refractivity contribution in [1.29, 1.82) is 0 Å². The van der Waals surface area contributed by atoms with Crippen molar-refractivity contribution < 1.29 is 13.2 Å². The molecule has 1 aromatic carbocycles. The average Bonchev–Trinajstić information content (AvgIpc) is 3.23. The first-order valence-corrected chi connectivity index (χ1v) is 10.7.